The number of nitrogens with zero attached hydrogens (tertiary/aromatic N) is 1. The Morgan fingerprint density at radius 2 is 2.13 bits per heavy atom. The fraction of sp³-hybridized carbons (Fsp3) is 0.667. The number of hydrogen-bond acceptors (Lipinski definition) is 2. The minimum absolute atomic E-state index is 0.642. The van der Waals surface area contributed by atoms with Crippen molar-refractivity contribution in [1.29, 1.82) is 0 Å². The van der Waals surface area contributed by atoms with Gasteiger partial charge in [-0.05, 0) is 31.4 Å². The summed E-state index contributed by atoms with van der Waals surface area (Å²) in [6.45, 7) is 4.58. The van der Waals surface area contributed by atoms with Gasteiger partial charge in [0.2, 0.25) is 0 Å². The Morgan fingerprint density at radius 3 is 2.67 bits per heavy atom. The van der Waals surface area contributed by atoms with Crippen molar-refractivity contribution in [3.05, 3.63) is 23.0 Å². The molecular formula is C12H20N2O. The van der Waals surface area contributed by atoms with Gasteiger partial charge in [0.05, 0.1) is 0 Å². The summed E-state index contributed by atoms with van der Waals surface area (Å²) in [6.07, 6.45) is 2.28. The van der Waals surface area contributed by atoms with Crippen LogP contribution in [0, 0.1) is 6.92 Å². The summed E-state index contributed by atoms with van der Waals surface area (Å²) < 4.78 is 7.68. The predicted octanol–water partition coefficient (Wildman–Crippen LogP) is 1.69. The van der Waals surface area contributed by atoms with Gasteiger partial charge in [-0.25, -0.2) is 0 Å². The largest absolute Gasteiger partial charge is 0.381 e. The molecule has 0 atom stereocenters. The van der Waals surface area contributed by atoms with Gasteiger partial charge in [0, 0.05) is 44.1 Å². The lowest BCUT2D eigenvalue weighted by Crippen LogP contribution is -2.16. The highest BCUT2D eigenvalue weighted by Gasteiger charge is 2.20. The van der Waals surface area contributed by atoms with Crippen molar-refractivity contribution >= 4 is 0 Å². The van der Waals surface area contributed by atoms with Gasteiger partial charge in [-0.2, -0.15) is 0 Å². The topological polar surface area (TPSA) is 40.2 Å². The molecule has 1 saturated heterocycles. The summed E-state index contributed by atoms with van der Waals surface area (Å²) in [4.78, 5) is 0. The molecular weight excluding hydrogens is 188 g/mol. The molecule has 15 heavy (non-hydrogen) atoms. The van der Waals surface area contributed by atoms with Crippen LogP contribution in [-0.4, -0.2) is 17.8 Å². The number of ether oxygens (including phenoxy) is 1. The molecule has 0 aromatic carbocycles. The normalized spacial score (nSPS) is 18.3. The minimum atomic E-state index is 0.642. The minimum Gasteiger partial charge on any atom is -0.381 e. The van der Waals surface area contributed by atoms with E-state index < -0.39 is 0 Å². The zero-order valence-corrected chi connectivity index (χ0v) is 9.62. The van der Waals surface area contributed by atoms with Gasteiger partial charge in [0.25, 0.3) is 0 Å². The Hall–Kier alpha value is -0.800. The molecule has 0 amide bonds. The van der Waals surface area contributed by atoms with E-state index in [1.165, 1.54) is 17.0 Å². The van der Waals surface area contributed by atoms with E-state index in [9.17, 15) is 0 Å². The Balaban J connectivity index is 2.26. The first-order valence-electron chi connectivity index (χ1n) is 5.67. The molecule has 0 unspecified atom stereocenters. The van der Waals surface area contributed by atoms with Crippen molar-refractivity contribution in [2.24, 2.45) is 12.8 Å². The smallest absolute Gasteiger partial charge is 0.0472 e. The first kappa shape index (κ1) is 10.7. The summed E-state index contributed by atoms with van der Waals surface area (Å²) in [5.41, 5.74) is 9.73. The molecule has 1 aromatic rings. The van der Waals surface area contributed by atoms with Crippen LogP contribution >= 0.6 is 0 Å². The Labute approximate surface area is 91.2 Å². The number of nitrogens with two attached hydrogens (primary N) is 1. The molecule has 2 N–H and O–H groups in total. The number of aromatic nitrogens is 1. The van der Waals surface area contributed by atoms with E-state index in [1.807, 2.05) is 0 Å². The molecule has 0 aliphatic carbocycles. The molecule has 1 fully saturated rings. The molecule has 0 bridgehead atoms. The standard InChI is InChI=1S/C12H20N2O/c1-9-11(8-13)7-12(14(9)2)10-3-5-15-6-4-10/h7,10H,3-6,8,13H2,1-2H3. The lowest BCUT2D eigenvalue weighted by molar-refractivity contribution is 0.0839. The van der Waals surface area contributed by atoms with Crippen molar-refractivity contribution in [2.45, 2.75) is 32.2 Å². The van der Waals surface area contributed by atoms with Crippen molar-refractivity contribution in [3.8, 4) is 0 Å². The van der Waals surface area contributed by atoms with Crippen molar-refractivity contribution in [1.82, 2.24) is 4.57 Å². The molecule has 3 heteroatoms. The van der Waals surface area contributed by atoms with Crippen LogP contribution in [0.25, 0.3) is 0 Å². The van der Waals surface area contributed by atoms with Crippen LogP contribution in [0.5, 0.6) is 0 Å². The number of hydrogen-bond donors (Lipinski definition) is 1. The maximum absolute atomic E-state index is 5.72. The van der Waals surface area contributed by atoms with E-state index >= 15 is 0 Å². The third-order valence-electron chi connectivity index (χ3n) is 3.54. The van der Waals surface area contributed by atoms with E-state index in [2.05, 4.69) is 24.6 Å². The summed E-state index contributed by atoms with van der Waals surface area (Å²) in [5, 5.41) is 0. The van der Waals surface area contributed by atoms with Crippen molar-refractivity contribution < 1.29 is 4.74 Å². The van der Waals surface area contributed by atoms with Gasteiger partial charge in [-0.3, -0.25) is 0 Å². The predicted molar refractivity (Wildman–Crippen MR) is 60.8 cm³/mol. The highest BCUT2D eigenvalue weighted by atomic mass is 16.5. The average molecular weight is 208 g/mol. The van der Waals surface area contributed by atoms with Crippen LogP contribution in [0.2, 0.25) is 0 Å². The molecule has 1 aromatic heterocycles. The van der Waals surface area contributed by atoms with E-state index in [0.717, 1.165) is 26.1 Å². The fourth-order valence-corrected chi connectivity index (χ4v) is 2.38. The molecule has 1 aliphatic rings. The summed E-state index contributed by atoms with van der Waals surface area (Å²) in [7, 11) is 2.14. The highest BCUT2D eigenvalue weighted by molar-refractivity contribution is 5.29. The first-order valence-corrected chi connectivity index (χ1v) is 5.67. The zero-order chi connectivity index (χ0) is 10.8. The Morgan fingerprint density at radius 1 is 1.47 bits per heavy atom. The lowest BCUT2D eigenvalue weighted by atomic mass is 9.96. The third-order valence-corrected chi connectivity index (χ3v) is 3.54. The van der Waals surface area contributed by atoms with Gasteiger partial charge in [-0.1, -0.05) is 0 Å². The maximum Gasteiger partial charge on any atom is 0.0472 e. The molecule has 2 heterocycles. The van der Waals surface area contributed by atoms with Gasteiger partial charge in [0.15, 0.2) is 0 Å². The first-order chi connectivity index (χ1) is 7.24. The van der Waals surface area contributed by atoms with Crippen LogP contribution in [0.4, 0.5) is 0 Å². The fourth-order valence-electron chi connectivity index (χ4n) is 2.38. The zero-order valence-electron chi connectivity index (χ0n) is 9.62. The molecule has 0 spiro atoms. The average Bonchev–Trinajstić information content (AvgIpc) is 2.57. The van der Waals surface area contributed by atoms with Crippen molar-refractivity contribution in [3.63, 3.8) is 0 Å². The van der Waals surface area contributed by atoms with Crippen LogP contribution in [0.1, 0.15) is 35.7 Å². The second-order valence-electron chi connectivity index (χ2n) is 4.33. The van der Waals surface area contributed by atoms with Crippen LogP contribution < -0.4 is 5.73 Å². The van der Waals surface area contributed by atoms with E-state index in [0.29, 0.717) is 12.5 Å². The quantitative estimate of drug-likeness (QED) is 0.803. The van der Waals surface area contributed by atoms with E-state index in [-0.39, 0.29) is 0 Å². The molecule has 3 nitrogen and oxygen atoms in total. The lowest BCUT2D eigenvalue weighted by Gasteiger charge is -2.22. The molecule has 84 valence electrons. The maximum atomic E-state index is 5.72. The molecule has 0 saturated carbocycles. The van der Waals surface area contributed by atoms with Crippen LogP contribution in [0.15, 0.2) is 6.07 Å². The second kappa shape index (κ2) is 4.37. The summed E-state index contributed by atoms with van der Waals surface area (Å²) >= 11 is 0. The third kappa shape index (κ3) is 1.94. The number of rotatable bonds is 2. The van der Waals surface area contributed by atoms with Crippen molar-refractivity contribution in [2.75, 3.05) is 13.2 Å². The van der Waals surface area contributed by atoms with Crippen LogP contribution in [0.3, 0.4) is 0 Å². The van der Waals surface area contributed by atoms with Gasteiger partial charge >= 0.3 is 0 Å². The molecule has 1 aliphatic heterocycles. The Bertz CT molecular complexity index is 338. The van der Waals surface area contributed by atoms with E-state index in [4.69, 9.17) is 10.5 Å². The SMILES string of the molecule is Cc1c(CN)cc(C2CCOCC2)n1C. The Kier molecular flexibility index (Phi) is 3.12. The van der Waals surface area contributed by atoms with Gasteiger partial charge in [0.1, 0.15) is 0 Å². The summed E-state index contributed by atoms with van der Waals surface area (Å²) in [6, 6.07) is 2.27. The second-order valence-corrected chi connectivity index (χ2v) is 4.33. The highest BCUT2D eigenvalue weighted by Crippen LogP contribution is 2.29. The molecule has 0 radical (unpaired) electrons. The van der Waals surface area contributed by atoms with E-state index in [1.54, 1.807) is 0 Å². The summed E-state index contributed by atoms with van der Waals surface area (Å²) in [5.74, 6) is 0.655. The van der Waals surface area contributed by atoms with Crippen LogP contribution in [-0.2, 0) is 18.3 Å². The molecule has 2 rings (SSSR count). The van der Waals surface area contributed by atoms with Gasteiger partial charge < -0.3 is 15.0 Å². The monoisotopic (exact) mass is 208 g/mol. The van der Waals surface area contributed by atoms with Gasteiger partial charge in [-0.15, -0.1) is 0 Å².